The van der Waals surface area contributed by atoms with Gasteiger partial charge in [-0.3, -0.25) is 4.79 Å². The Labute approximate surface area is 96.3 Å². The van der Waals surface area contributed by atoms with Gasteiger partial charge >= 0.3 is 5.97 Å². The maximum Gasteiger partial charge on any atom is 0.326 e. The van der Waals surface area contributed by atoms with E-state index in [9.17, 15) is 18.4 Å². The highest BCUT2D eigenvalue weighted by molar-refractivity contribution is 5.96. The highest BCUT2D eigenvalue weighted by Crippen LogP contribution is 2.08. The van der Waals surface area contributed by atoms with E-state index >= 15 is 0 Å². The number of halogens is 2. The van der Waals surface area contributed by atoms with E-state index in [1.54, 1.807) is 6.92 Å². The molecule has 0 aliphatic heterocycles. The third-order valence-electron chi connectivity index (χ3n) is 2.14. The fourth-order valence-corrected chi connectivity index (χ4v) is 1.26. The first-order valence-corrected chi connectivity index (χ1v) is 4.93. The van der Waals surface area contributed by atoms with Gasteiger partial charge in [0.15, 0.2) is 0 Å². The number of carbonyl (C=O) groups is 2. The molecule has 0 aliphatic carbocycles. The zero-order valence-corrected chi connectivity index (χ0v) is 9.04. The van der Waals surface area contributed by atoms with Crippen LogP contribution in [0.25, 0.3) is 0 Å². The van der Waals surface area contributed by atoms with E-state index in [-0.39, 0.29) is 12.0 Å². The van der Waals surface area contributed by atoms with Crippen LogP contribution in [-0.2, 0) is 4.79 Å². The Morgan fingerprint density at radius 1 is 1.29 bits per heavy atom. The molecule has 0 heterocycles. The molecule has 1 aromatic rings. The van der Waals surface area contributed by atoms with Crippen molar-refractivity contribution in [1.82, 2.24) is 5.32 Å². The normalized spacial score (nSPS) is 11.9. The van der Waals surface area contributed by atoms with E-state index in [0.29, 0.717) is 6.07 Å². The van der Waals surface area contributed by atoms with E-state index in [2.05, 4.69) is 5.32 Å². The molecule has 6 heteroatoms. The molecule has 0 spiro atoms. The Balaban J connectivity index is 2.86. The maximum atomic E-state index is 12.8. The van der Waals surface area contributed by atoms with Crippen LogP contribution in [0.4, 0.5) is 8.78 Å². The van der Waals surface area contributed by atoms with Gasteiger partial charge in [-0.1, -0.05) is 6.92 Å². The van der Waals surface area contributed by atoms with E-state index in [4.69, 9.17) is 5.11 Å². The quantitative estimate of drug-likeness (QED) is 0.843. The molecule has 17 heavy (non-hydrogen) atoms. The summed E-state index contributed by atoms with van der Waals surface area (Å²) in [5.41, 5.74) is -0.248. The lowest BCUT2D eigenvalue weighted by Gasteiger charge is -2.12. The third-order valence-corrected chi connectivity index (χ3v) is 2.14. The summed E-state index contributed by atoms with van der Waals surface area (Å²) in [6.07, 6.45) is 0.179. The van der Waals surface area contributed by atoms with Gasteiger partial charge in [-0.05, 0) is 18.6 Å². The van der Waals surface area contributed by atoms with Crippen molar-refractivity contribution < 1.29 is 23.5 Å². The molecule has 0 bridgehead atoms. The molecule has 0 aromatic heterocycles. The molecule has 0 saturated heterocycles. The molecule has 0 radical (unpaired) electrons. The molecular formula is C11H11F2NO3. The summed E-state index contributed by atoms with van der Waals surface area (Å²) in [6.45, 7) is 1.57. The summed E-state index contributed by atoms with van der Waals surface area (Å²) in [6, 6.07) is 1.24. The minimum atomic E-state index is -1.20. The maximum absolute atomic E-state index is 12.8. The summed E-state index contributed by atoms with van der Waals surface area (Å²) in [4.78, 5) is 22.2. The molecule has 2 N–H and O–H groups in total. The number of nitrogens with one attached hydrogen (secondary N) is 1. The highest BCUT2D eigenvalue weighted by Gasteiger charge is 2.19. The minimum absolute atomic E-state index is 0.179. The van der Waals surface area contributed by atoms with Gasteiger partial charge in [0.2, 0.25) is 0 Å². The third kappa shape index (κ3) is 3.51. The van der Waals surface area contributed by atoms with Gasteiger partial charge in [0.1, 0.15) is 17.7 Å². The molecule has 1 atom stereocenters. The van der Waals surface area contributed by atoms with E-state index in [0.717, 1.165) is 12.1 Å². The SMILES string of the molecule is CC[C@@H](NC(=O)c1cc(F)cc(F)c1)C(=O)O. The number of benzene rings is 1. The number of carboxylic acid groups (broad SMARTS) is 1. The molecule has 1 aromatic carbocycles. The smallest absolute Gasteiger partial charge is 0.326 e. The summed E-state index contributed by atoms with van der Waals surface area (Å²) in [7, 11) is 0. The van der Waals surface area contributed by atoms with Gasteiger partial charge in [-0.2, -0.15) is 0 Å². The average Bonchev–Trinajstić information content (AvgIpc) is 2.23. The molecule has 0 fully saturated rings. The number of rotatable bonds is 4. The Kier molecular flexibility index (Phi) is 4.14. The number of hydrogen-bond acceptors (Lipinski definition) is 2. The first-order valence-electron chi connectivity index (χ1n) is 4.93. The number of carbonyl (C=O) groups excluding carboxylic acids is 1. The minimum Gasteiger partial charge on any atom is -0.480 e. The van der Waals surface area contributed by atoms with Crippen LogP contribution in [0.15, 0.2) is 18.2 Å². The second-order valence-electron chi connectivity index (χ2n) is 3.43. The lowest BCUT2D eigenvalue weighted by Crippen LogP contribution is -2.40. The van der Waals surface area contributed by atoms with Gasteiger partial charge in [0.05, 0.1) is 0 Å². The first-order chi connectivity index (χ1) is 7.93. The number of amides is 1. The molecule has 4 nitrogen and oxygen atoms in total. The number of aliphatic carboxylic acids is 1. The van der Waals surface area contributed by atoms with Gasteiger partial charge in [0, 0.05) is 11.6 Å². The van der Waals surface area contributed by atoms with Crippen molar-refractivity contribution in [2.75, 3.05) is 0 Å². The molecule has 0 unspecified atom stereocenters. The van der Waals surface area contributed by atoms with Crippen LogP contribution in [0.1, 0.15) is 23.7 Å². The topological polar surface area (TPSA) is 66.4 Å². The van der Waals surface area contributed by atoms with Crippen molar-refractivity contribution in [3.05, 3.63) is 35.4 Å². The summed E-state index contributed by atoms with van der Waals surface area (Å²) in [5.74, 6) is -3.80. The number of hydrogen-bond donors (Lipinski definition) is 2. The molecular weight excluding hydrogens is 232 g/mol. The van der Waals surface area contributed by atoms with E-state index < -0.39 is 29.6 Å². The van der Waals surface area contributed by atoms with Crippen molar-refractivity contribution in [3.8, 4) is 0 Å². The van der Waals surface area contributed by atoms with E-state index in [1.807, 2.05) is 0 Å². The van der Waals surface area contributed by atoms with Crippen molar-refractivity contribution in [2.24, 2.45) is 0 Å². The second kappa shape index (κ2) is 5.38. The lowest BCUT2D eigenvalue weighted by atomic mass is 10.1. The first kappa shape index (κ1) is 13.1. The Hall–Kier alpha value is -1.98. The average molecular weight is 243 g/mol. The van der Waals surface area contributed by atoms with Crippen LogP contribution in [0, 0.1) is 11.6 Å². The number of carboxylic acids is 1. The monoisotopic (exact) mass is 243 g/mol. The molecule has 1 amide bonds. The van der Waals surface area contributed by atoms with Crippen molar-refractivity contribution in [3.63, 3.8) is 0 Å². The zero-order valence-electron chi connectivity index (χ0n) is 9.04. The predicted molar refractivity (Wildman–Crippen MR) is 55.5 cm³/mol. The van der Waals surface area contributed by atoms with Crippen LogP contribution < -0.4 is 5.32 Å². The standard InChI is InChI=1S/C11H11F2NO3/c1-2-9(11(16)17)14-10(15)6-3-7(12)5-8(13)4-6/h3-5,9H,2H2,1H3,(H,14,15)(H,16,17)/t9-/m1/s1. The molecule has 0 aliphatic rings. The highest BCUT2D eigenvalue weighted by atomic mass is 19.1. The van der Waals surface area contributed by atoms with Crippen molar-refractivity contribution in [2.45, 2.75) is 19.4 Å². The summed E-state index contributed by atoms with van der Waals surface area (Å²) in [5, 5.41) is 10.9. The fraction of sp³-hybridized carbons (Fsp3) is 0.273. The van der Waals surface area contributed by atoms with Crippen LogP contribution in [0.5, 0.6) is 0 Å². The molecule has 92 valence electrons. The van der Waals surface area contributed by atoms with Crippen LogP contribution in [0.3, 0.4) is 0 Å². The summed E-state index contributed by atoms with van der Waals surface area (Å²) >= 11 is 0. The Bertz CT molecular complexity index is 428. The Morgan fingerprint density at radius 2 is 1.82 bits per heavy atom. The Morgan fingerprint density at radius 3 is 2.24 bits per heavy atom. The van der Waals surface area contributed by atoms with Gasteiger partial charge in [-0.15, -0.1) is 0 Å². The molecule has 0 saturated carbocycles. The predicted octanol–water partition coefficient (Wildman–Crippen LogP) is 1.56. The molecule has 1 rings (SSSR count). The van der Waals surface area contributed by atoms with Crippen LogP contribution in [0.2, 0.25) is 0 Å². The second-order valence-corrected chi connectivity index (χ2v) is 3.43. The van der Waals surface area contributed by atoms with Gasteiger partial charge in [-0.25, -0.2) is 13.6 Å². The largest absolute Gasteiger partial charge is 0.480 e. The lowest BCUT2D eigenvalue weighted by molar-refractivity contribution is -0.139. The van der Waals surface area contributed by atoms with E-state index in [1.165, 1.54) is 0 Å². The zero-order chi connectivity index (χ0) is 13.0. The van der Waals surface area contributed by atoms with Crippen molar-refractivity contribution >= 4 is 11.9 Å². The van der Waals surface area contributed by atoms with Crippen molar-refractivity contribution in [1.29, 1.82) is 0 Å². The summed E-state index contributed by atoms with van der Waals surface area (Å²) < 4.78 is 25.7. The van der Waals surface area contributed by atoms with Crippen LogP contribution >= 0.6 is 0 Å². The van der Waals surface area contributed by atoms with Crippen LogP contribution in [-0.4, -0.2) is 23.0 Å². The fourth-order valence-electron chi connectivity index (χ4n) is 1.26. The van der Waals surface area contributed by atoms with Gasteiger partial charge < -0.3 is 10.4 Å². The van der Waals surface area contributed by atoms with Gasteiger partial charge in [0.25, 0.3) is 5.91 Å².